The first-order valence-corrected chi connectivity index (χ1v) is 10.6. The number of pyridine rings is 1. The van der Waals surface area contributed by atoms with E-state index in [2.05, 4.69) is 10.1 Å². The van der Waals surface area contributed by atoms with Crippen molar-refractivity contribution in [2.75, 3.05) is 0 Å². The van der Waals surface area contributed by atoms with Gasteiger partial charge in [-0.05, 0) is 24.1 Å². The van der Waals surface area contributed by atoms with Gasteiger partial charge in [-0.25, -0.2) is 4.98 Å². The van der Waals surface area contributed by atoms with Crippen molar-refractivity contribution in [1.29, 1.82) is 5.26 Å². The van der Waals surface area contributed by atoms with E-state index in [-0.39, 0.29) is 35.1 Å². The summed E-state index contributed by atoms with van der Waals surface area (Å²) in [5, 5.41) is 12.8. The standard InChI is InChI=1S/C25H19F3N6O2/c1-13-18(20-19(23(30)35)16-4-2-3-5-17(16)32-21(20)24(31)36)22(25(26,27)28)33-34(13)12-15-8-6-14(7-9-15)10-11-29/h2-9H,10,12H2,1H3,(H2,30,35)(H2,31,36). The van der Waals surface area contributed by atoms with E-state index in [1.165, 1.54) is 19.1 Å². The van der Waals surface area contributed by atoms with Gasteiger partial charge in [-0.15, -0.1) is 0 Å². The third kappa shape index (κ3) is 4.36. The van der Waals surface area contributed by atoms with Crippen LogP contribution in [0.3, 0.4) is 0 Å². The Morgan fingerprint density at radius 2 is 1.64 bits per heavy atom. The zero-order chi connectivity index (χ0) is 26.2. The third-order valence-electron chi connectivity index (χ3n) is 5.74. The maximum Gasteiger partial charge on any atom is 0.435 e. The van der Waals surface area contributed by atoms with Crippen LogP contribution in [-0.2, 0) is 19.1 Å². The second-order valence-corrected chi connectivity index (χ2v) is 8.07. The summed E-state index contributed by atoms with van der Waals surface area (Å²) in [5.41, 5.74) is 9.70. The predicted molar refractivity (Wildman–Crippen MR) is 125 cm³/mol. The summed E-state index contributed by atoms with van der Waals surface area (Å²) >= 11 is 0. The summed E-state index contributed by atoms with van der Waals surface area (Å²) < 4.78 is 43.8. The van der Waals surface area contributed by atoms with Crippen LogP contribution in [0.5, 0.6) is 0 Å². The molecule has 0 bridgehead atoms. The zero-order valence-corrected chi connectivity index (χ0v) is 18.9. The molecular weight excluding hydrogens is 473 g/mol. The first-order chi connectivity index (χ1) is 17.0. The fourth-order valence-corrected chi connectivity index (χ4v) is 4.11. The van der Waals surface area contributed by atoms with Gasteiger partial charge >= 0.3 is 6.18 Å². The Balaban J connectivity index is 2.01. The Labute approximate surface area is 203 Å². The second-order valence-electron chi connectivity index (χ2n) is 8.07. The molecular formula is C25H19F3N6O2. The summed E-state index contributed by atoms with van der Waals surface area (Å²) in [6.07, 6.45) is -4.73. The molecule has 182 valence electrons. The van der Waals surface area contributed by atoms with E-state index in [1.807, 2.05) is 6.07 Å². The number of nitriles is 1. The minimum Gasteiger partial charge on any atom is -0.366 e. The smallest absolute Gasteiger partial charge is 0.366 e. The molecule has 4 aromatic rings. The molecule has 0 aliphatic heterocycles. The molecule has 2 amide bonds. The number of carbonyl (C=O) groups excluding carboxylic acids is 2. The largest absolute Gasteiger partial charge is 0.435 e. The predicted octanol–water partition coefficient (Wildman–Crippen LogP) is 3.74. The number of amides is 2. The Morgan fingerprint density at radius 1 is 1.00 bits per heavy atom. The SMILES string of the molecule is Cc1c(-c2c(C(N)=O)nc3ccccc3c2C(N)=O)c(C(F)(F)F)nn1Cc1ccc(CC#N)cc1. The summed E-state index contributed by atoms with van der Waals surface area (Å²) in [6, 6.07) is 14.9. The van der Waals surface area contributed by atoms with Crippen LogP contribution in [0.4, 0.5) is 13.2 Å². The highest BCUT2D eigenvalue weighted by molar-refractivity contribution is 6.15. The fourth-order valence-electron chi connectivity index (χ4n) is 4.11. The Hall–Kier alpha value is -4.72. The summed E-state index contributed by atoms with van der Waals surface area (Å²) in [7, 11) is 0. The molecule has 0 saturated heterocycles. The number of fused-ring (bicyclic) bond motifs is 1. The molecule has 36 heavy (non-hydrogen) atoms. The monoisotopic (exact) mass is 492 g/mol. The highest BCUT2D eigenvalue weighted by Crippen LogP contribution is 2.42. The van der Waals surface area contributed by atoms with E-state index in [4.69, 9.17) is 16.7 Å². The van der Waals surface area contributed by atoms with E-state index >= 15 is 0 Å². The molecule has 0 spiro atoms. The van der Waals surface area contributed by atoms with Gasteiger partial charge in [-0.3, -0.25) is 14.3 Å². The number of halogens is 3. The highest BCUT2D eigenvalue weighted by atomic mass is 19.4. The Kier molecular flexibility index (Phi) is 6.20. The highest BCUT2D eigenvalue weighted by Gasteiger charge is 2.41. The zero-order valence-electron chi connectivity index (χ0n) is 18.9. The van der Waals surface area contributed by atoms with E-state index in [0.717, 1.165) is 10.2 Å². The summed E-state index contributed by atoms with van der Waals surface area (Å²) in [4.78, 5) is 29.1. The minimum absolute atomic E-state index is 0.0329. The van der Waals surface area contributed by atoms with Crippen LogP contribution in [0.15, 0.2) is 48.5 Å². The summed E-state index contributed by atoms with van der Waals surface area (Å²) in [6.45, 7) is 1.35. The number of nitrogens with two attached hydrogens (primary N) is 2. The van der Waals surface area contributed by atoms with Gasteiger partial charge in [-0.2, -0.15) is 23.5 Å². The van der Waals surface area contributed by atoms with Crippen molar-refractivity contribution in [2.45, 2.75) is 26.1 Å². The number of hydrogen-bond acceptors (Lipinski definition) is 5. The number of hydrogen-bond donors (Lipinski definition) is 2. The van der Waals surface area contributed by atoms with Crippen molar-refractivity contribution in [3.05, 3.63) is 82.3 Å². The maximum absolute atomic E-state index is 14.2. The molecule has 0 aliphatic carbocycles. The van der Waals surface area contributed by atoms with E-state index in [0.29, 0.717) is 5.56 Å². The topological polar surface area (TPSA) is 141 Å². The van der Waals surface area contributed by atoms with Gasteiger partial charge in [0.05, 0.1) is 30.1 Å². The van der Waals surface area contributed by atoms with Crippen molar-refractivity contribution < 1.29 is 22.8 Å². The molecule has 0 atom stereocenters. The molecule has 8 nitrogen and oxygen atoms in total. The van der Waals surface area contributed by atoms with E-state index < -0.39 is 40.5 Å². The van der Waals surface area contributed by atoms with Gasteiger partial charge in [0.2, 0.25) is 5.91 Å². The molecule has 2 heterocycles. The number of nitrogens with zero attached hydrogens (tertiary/aromatic N) is 4. The lowest BCUT2D eigenvalue weighted by atomic mass is 9.92. The summed E-state index contributed by atoms with van der Waals surface area (Å²) in [5.74, 6) is -2.16. The molecule has 0 unspecified atom stereocenters. The van der Waals surface area contributed by atoms with Gasteiger partial charge in [0.15, 0.2) is 5.69 Å². The van der Waals surface area contributed by atoms with Crippen LogP contribution in [0, 0.1) is 18.3 Å². The van der Waals surface area contributed by atoms with Gasteiger partial charge in [0.25, 0.3) is 5.91 Å². The quantitative estimate of drug-likeness (QED) is 0.422. The van der Waals surface area contributed by atoms with Gasteiger partial charge < -0.3 is 11.5 Å². The lowest BCUT2D eigenvalue weighted by molar-refractivity contribution is -0.141. The third-order valence-corrected chi connectivity index (χ3v) is 5.74. The maximum atomic E-state index is 14.2. The van der Waals surface area contributed by atoms with Crippen LogP contribution in [0.1, 0.15) is 43.4 Å². The van der Waals surface area contributed by atoms with Crippen molar-refractivity contribution in [3.63, 3.8) is 0 Å². The van der Waals surface area contributed by atoms with Gasteiger partial charge in [0.1, 0.15) is 5.69 Å². The molecule has 0 fully saturated rings. The van der Waals surface area contributed by atoms with Crippen molar-refractivity contribution in [3.8, 4) is 17.2 Å². The van der Waals surface area contributed by atoms with Crippen LogP contribution in [0.25, 0.3) is 22.0 Å². The molecule has 11 heteroatoms. The molecule has 0 radical (unpaired) electrons. The second kappa shape index (κ2) is 9.14. The minimum atomic E-state index is -4.93. The average Bonchev–Trinajstić information content (AvgIpc) is 3.15. The fraction of sp³-hybridized carbons (Fsp3) is 0.160. The van der Waals surface area contributed by atoms with Crippen LogP contribution >= 0.6 is 0 Å². The number of para-hydroxylation sites is 1. The van der Waals surface area contributed by atoms with Gasteiger partial charge in [0, 0.05) is 22.2 Å². The number of benzene rings is 2. The molecule has 4 N–H and O–H groups in total. The lowest BCUT2D eigenvalue weighted by Gasteiger charge is -2.16. The van der Waals surface area contributed by atoms with Crippen LogP contribution < -0.4 is 11.5 Å². The molecule has 2 aromatic carbocycles. The Morgan fingerprint density at radius 3 is 2.22 bits per heavy atom. The first kappa shape index (κ1) is 24.4. The Bertz CT molecular complexity index is 1550. The number of aromatic nitrogens is 3. The van der Waals surface area contributed by atoms with E-state index in [1.54, 1.807) is 36.4 Å². The van der Waals surface area contributed by atoms with Gasteiger partial charge in [-0.1, -0.05) is 42.5 Å². The average molecular weight is 492 g/mol. The van der Waals surface area contributed by atoms with Crippen molar-refractivity contribution >= 4 is 22.7 Å². The molecule has 2 aromatic heterocycles. The number of alkyl halides is 3. The molecule has 4 rings (SSSR count). The molecule has 0 aliphatic rings. The van der Waals surface area contributed by atoms with E-state index in [9.17, 15) is 22.8 Å². The number of rotatable bonds is 6. The van der Waals surface area contributed by atoms with Crippen LogP contribution in [0.2, 0.25) is 0 Å². The number of carbonyl (C=O) groups is 2. The van der Waals surface area contributed by atoms with Crippen LogP contribution in [-0.4, -0.2) is 26.6 Å². The normalized spacial score (nSPS) is 11.4. The number of primary amides is 2. The molecule has 0 saturated carbocycles. The van der Waals surface area contributed by atoms with Crippen molar-refractivity contribution in [2.24, 2.45) is 11.5 Å². The first-order valence-electron chi connectivity index (χ1n) is 10.6. The van der Waals surface area contributed by atoms with Crippen molar-refractivity contribution in [1.82, 2.24) is 14.8 Å². The lowest BCUT2D eigenvalue weighted by Crippen LogP contribution is -2.21.